The number of esters is 2. The quantitative estimate of drug-likeness (QED) is 0.211. The van der Waals surface area contributed by atoms with Crippen LogP contribution in [0.5, 0.6) is 0 Å². The van der Waals surface area contributed by atoms with Crippen LogP contribution in [0.1, 0.15) is 0 Å². The van der Waals surface area contributed by atoms with Gasteiger partial charge in [-0.05, 0) is 0 Å². The number of ether oxygens (including phenoxy) is 1. The molecule has 2 unspecified atom stereocenters. The maximum absolute atomic E-state index is 10.6. The van der Waals surface area contributed by atoms with E-state index < -0.39 is 37.4 Å². The summed E-state index contributed by atoms with van der Waals surface area (Å²) in [5.41, 5.74) is 0. The number of carbonyl (C=O) groups excluding carboxylic acids is 2. The molecule has 0 amide bonds. The first-order valence-electron chi connectivity index (χ1n) is 4.49. The number of aliphatic hydroxyl groups is 6. The van der Waals surface area contributed by atoms with Gasteiger partial charge in [0.25, 0.3) is 0 Å². The average molecular weight is 256 g/mol. The summed E-state index contributed by atoms with van der Waals surface area (Å²) in [6.45, 7) is -2.03. The number of hydrogen-bond donors (Lipinski definition) is 6. The second-order valence-corrected chi connectivity index (χ2v) is 2.58. The monoisotopic (exact) mass is 256 g/mol. The van der Waals surface area contributed by atoms with Crippen LogP contribution < -0.4 is 0 Å². The van der Waals surface area contributed by atoms with E-state index in [-0.39, 0.29) is 13.2 Å². The predicted octanol–water partition coefficient (Wildman–Crippen LogP) is -4.27. The van der Waals surface area contributed by atoms with E-state index in [0.717, 1.165) is 0 Å². The van der Waals surface area contributed by atoms with Crippen LogP contribution in [0.4, 0.5) is 0 Å². The van der Waals surface area contributed by atoms with Crippen LogP contribution in [-0.4, -0.2) is 81.2 Å². The summed E-state index contributed by atoms with van der Waals surface area (Å²) < 4.78 is 3.86. The Morgan fingerprint density at radius 2 is 1.12 bits per heavy atom. The number of carbonyl (C=O) groups is 2. The molecule has 0 heterocycles. The molecule has 0 spiro atoms. The van der Waals surface area contributed by atoms with Crippen molar-refractivity contribution in [2.45, 2.75) is 12.2 Å². The zero-order chi connectivity index (χ0) is 13.8. The molecule has 0 aromatic carbocycles. The third kappa shape index (κ3) is 9.81. The lowest BCUT2D eigenvalue weighted by atomic mass is 10.3. The highest BCUT2D eigenvalue weighted by molar-refractivity contribution is 5.89. The molecule has 0 radical (unpaired) electrons. The highest BCUT2D eigenvalue weighted by Crippen LogP contribution is 1.92. The van der Waals surface area contributed by atoms with E-state index >= 15 is 0 Å². The van der Waals surface area contributed by atoms with Crippen LogP contribution in [0.2, 0.25) is 0 Å². The summed E-state index contributed by atoms with van der Waals surface area (Å²) in [4.78, 5) is 21.1. The second kappa shape index (κ2) is 11.4. The first-order chi connectivity index (χ1) is 7.94. The van der Waals surface area contributed by atoms with Crippen molar-refractivity contribution in [1.29, 1.82) is 0 Å². The van der Waals surface area contributed by atoms with Crippen molar-refractivity contribution < 1.29 is 45.0 Å². The van der Waals surface area contributed by atoms with Crippen LogP contribution in [0, 0.1) is 0 Å². The highest BCUT2D eigenvalue weighted by atomic mass is 16.6. The van der Waals surface area contributed by atoms with E-state index in [9.17, 15) is 9.59 Å². The van der Waals surface area contributed by atoms with Crippen LogP contribution >= 0.6 is 0 Å². The van der Waals surface area contributed by atoms with Crippen LogP contribution in [0.25, 0.3) is 0 Å². The topological polar surface area (TPSA) is 165 Å². The lowest BCUT2D eigenvalue weighted by Gasteiger charge is -2.08. The molecule has 0 aliphatic rings. The van der Waals surface area contributed by atoms with Gasteiger partial charge >= 0.3 is 11.9 Å². The Bertz CT molecular complexity index is 195. The van der Waals surface area contributed by atoms with Crippen molar-refractivity contribution in [1.82, 2.24) is 0 Å². The van der Waals surface area contributed by atoms with Crippen molar-refractivity contribution in [2.75, 3.05) is 26.4 Å². The first kappa shape index (κ1) is 18.3. The molecule has 0 saturated carbocycles. The highest BCUT2D eigenvalue weighted by Gasteiger charge is 2.23. The largest absolute Gasteiger partial charge is 0.394 e. The van der Waals surface area contributed by atoms with E-state index in [0.29, 0.717) is 0 Å². The summed E-state index contributed by atoms with van der Waals surface area (Å²) >= 11 is 0. The van der Waals surface area contributed by atoms with Gasteiger partial charge in [-0.2, -0.15) is 0 Å². The van der Waals surface area contributed by atoms with Crippen LogP contribution in [-0.2, 0) is 14.3 Å². The van der Waals surface area contributed by atoms with Gasteiger partial charge in [-0.15, -0.1) is 0 Å². The van der Waals surface area contributed by atoms with Gasteiger partial charge in [-0.3, -0.25) is 0 Å². The van der Waals surface area contributed by atoms with E-state index in [1.54, 1.807) is 0 Å². The minimum absolute atomic E-state index is 0.125. The van der Waals surface area contributed by atoms with Crippen molar-refractivity contribution in [3.63, 3.8) is 0 Å². The summed E-state index contributed by atoms with van der Waals surface area (Å²) in [7, 11) is 0. The zero-order valence-electron chi connectivity index (χ0n) is 8.89. The Kier molecular flexibility index (Phi) is 12.2. The van der Waals surface area contributed by atoms with Gasteiger partial charge in [0, 0.05) is 0 Å². The summed E-state index contributed by atoms with van der Waals surface area (Å²) in [6, 6.07) is 0. The van der Waals surface area contributed by atoms with Gasteiger partial charge < -0.3 is 35.4 Å². The smallest absolute Gasteiger partial charge is 0.345 e. The lowest BCUT2D eigenvalue weighted by molar-refractivity contribution is -0.173. The van der Waals surface area contributed by atoms with Crippen molar-refractivity contribution in [3.8, 4) is 0 Å². The predicted molar refractivity (Wildman–Crippen MR) is 51.5 cm³/mol. The molecule has 0 saturated heterocycles. The van der Waals surface area contributed by atoms with Gasteiger partial charge in [0.1, 0.15) is 0 Å². The minimum atomic E-state index is -1.82. The SMILES string of the molecule is O=C(OC(=O)C(O)CO)C(O)CO.OCCO. The Balaban J connectivity index is 0. The molecular weight excluding hydrogens is 240 g/mol. The molecule has 0 fully saturated rings. The summed E-state index contributed by atoms with van der Waals surface area (Å²) in [5, 5.41) is 48.9. The van der Waals surface area contributed by atoms with Gasteiger partial charge in [0.15, 0.2) is 12.2 Å². The molecule has 0 aliphatic carbocycles. The standard InChI is InChI=1S/C6H10O7.C2H6O2/c7-1-3(9)5(11)13-6(12)4(10)2-8;3-1-2-4/h3-4,7-10H,1-2H2;3-4H,1-2H2. The van der Waals surface area contributed by atoms with E-state index in [2.05, 4.69) is 4.74 Å². The fourth-order valence-corrected chi connectivity index (χ4v) is 0.384. The normalized spacial score (nSPS) is 13.1. The lowest BCUT2D eigenvalue weighted by Crippen LogP contribution is -2.34. The second-order valence-electron chi connectivity index (χ2n) is 2.58. The molecule has 0 aromatic rings. The Morgan fingerprint density at radius 1 is 0.824 bits per heavy atom. The summed E-state index contributed by atoms with van der Waals surface area (Å²) in [6.07, 6.45) is -3.65. The fraction of sp³-hybridized carbons (Fsp3) is 0.750. The summed E-state index contributed by atoms with van der Waals surface area (Å²) in [5.74, 6) is -2.75. The molecule has 0 bridgehead atoms. The number of rotatable bonds is 5. The van der Waals surface area contributed by atoms with E-state index in [1.807, 2.05) is 0 Å². The minimum Gasteiger partial charge on any atom is -0.394 e. The van der Waals surface area contributed by atoms with Crippen LogP contribution in [0.15, 0.2) is 0 Å². The molecule has 0 aliphatic heterocycles. The molecule has 9 nitrogen and oxygen atoms in total. The van der Waals surface area contributed by atoms with Crippen LogP contribution in [0.3, 0.4) is 0 Å². The molecular formula is C8H16O9. The molecule has 17 heavy (non-hydrogen) atoms. The molecule has 9 heteroatoms. The van der Waals surface area contributed by atoms with E-state index in [1.165, 1.54) is 0 Å². The Hall–Kier alpha value is -1.10. The maximum Gasteiger partial charge on any atom is 0.345 e. The molecule has 2 atom stereocenters. The van der Waals surface area contributed by atoms with Crippen molar-refractivity contribution in [2.24, 2.45) is 0 Å². The Labute approximate surface area is 96.5 Å². The third-order valence-electron chi connectivity index (χ3n) is 1.19. The van der Waals surface area contributed by atoms with Gasteiger partial charge in [0.05, 0.1) is 26.4 Å². The van der Waals surface area contributed by atoms with Gasteiger partial charge in [-0.25, -0.2) is 9.59 Å². The maximum atomic E-state index is 10.6. The van der Waals surface area contributed by atoms with Gasteiger partial charge in [-0.1, -0.05) is 0 Å². The van der Waals surface area contributed by atoms with Gasteiger partial charge in [0.2, 0.25) is 0 Å². The first-order valence-corrected chi connectivity index (χ1v) is 4.49. The Morgan fingerprint density at radius 3 is 1.29 bits per heavy atom. The molecule has 102 valence electrons. The fourth-order valence-electron chi connectivity index (χ4n) is 0.384. The molecule has 0 rings (SSSR count). The van der Waals surface area contributed by atoms with E-state index in [4.69, 9.17) is 30.6 Å². The molecule has 0 aromatic heterocycles. The average Bonchev–Trinajstić information content (AvgIpc) is 2.36. The number of aliphatic hydroxyl groups excluding tert-OH is 6. The third-order valence-corrected chi connectivity index (χ3v) is 1.19. The zero-order valence-corrected chi connectivity index (χ0v) is 8.89. The molecule has 6 N–H and O–H groups in total. The van der Waals surface area contributed by atoms with Crippen molar-refractivity contribution >= 4 is 11.9 Å². The number of hydrogen-bond acceptors (Lipinski definition) is 9. The van der Waals surface area contributed by atoms with Crippen molar-refractivity contribution in [3.05, 3.63) is 0 Å².